The second kappa shape index (κ2) is 7.92. The van der Waals surface area contributed by atoms with Crippen molar-refractivity contribution in [2.45, 2.75) is 31.8 Å². The third-order valence-electron chi connectivity index (χ3n) is 5.34. The first kappa shape index (κ1) is 17.7. The summed E-state index contributed by atoms with van der Waals surface area (Å²) in [5, 5.41) is 8.95. The Morgan fingerprint density at radius 2 is 2.07 bits per heavy atom. The molecule has 1 aliphatic heterocycles. The summed E-state index contributed by atoms with van der Waals surface area (Å²) in [5.74, 6) is 3.41. The number of para-hydroxylation sites is 1. The van der Waals surface area contributed by atoms with Crippen molar-refractivity contribution in [3.8, 4) is 5.75 Å². The number of rotatable bonds is 6. The SMILES string of the molecule is COc1ccccc1CN1CCCC(c2nnc(Cn3ccnc3)n2C)C1. The topological polar surface area (TPSA) is 61.0 Å². The predicted octanol–water partition coefficient (Wildman–Crippen LogP) is 2.45. The average molecular weight is 366 g/mol. The van der Waals surface area contributed by atoms with E-state index in [1.807, 2.05) is 29.2 Å². The molecule has 0 radical (unpaired) electrons. The van der Waals surface area contributed by atoms with Gasteiger partial charge in [0.05, 0.1) is 20.0 Å². The van der Waals surface area contributed by atoms with Gasteiger partial charge < -0.3 is 13.9 Å². The van der Waals surface area contributed by atoms with Gasteiger partial charge in [-0.15, -0.1) is 10.2 Å². The highest BCUT2D eigenvalue weighted by molar-refractivity contribution is 5.33. The minimum Gasteiger partial charge on any atom is -0.496 e. The number of hydrogen-bond acceptors (Lipinski definition) is 5. The lowest BCUT2D eigenvalue weighted by atomic mass is 9.96. The third kappa shape index (κ3) is 3.88. The molecule has 142 valence electrons. The smallest absolute Gasteiger partial charge is 0.152 e. The zero-order chi connectivity index (χ0) is 18.6. The molecule has 0 saturated carbocycles. The van der Waals surface area contributed by atoms with Crippen LogP contribution in [0, 0.1) is 0 Å². The Labute approximate surface area is 159 Å². The maximum atomic E-state index is 5.51. The molecule has 1 aliphatic rings. The van der Waals surface area contributed by atoms with Crippen LogP contribution in [0.25, 0.3) is 0 Å². The second-order valence-electron chi connectivity index (χ2n) is 7.15. The number of benzene rings is 1. The summed E-state index contributed by atoms with van der Waals surface area (Å²) in [6, 6.07) is 8.27. The van der Waals surface area contributed by atoms with E-state index < -0.39 is 0 Å². The fourth-order valence-electron chi connectivity index (χ4n) is 3.90. The number of piperidine rings is 1. The lowest BCUT2D eigenvalue weighted by molar-refractivity contribution is 0.193. The standard InChI is InChI=1S/C20H26N6O/c1-24-19(14-26-11-9-21-15-26)22-23-20(24)17-7-5-10-25(13-17)12-16-6-3-4-8-18(16)27-2/h3-4,6,8-9,11,15,17H,5,7,10,12-14H2,1-2H3. The molecule has 3 heterocycles. The Balaban J connectivity index is 1.46. The first-order valence-electron chi connectivity index (χ1n) is 9.42. The van der Waals surface area contributed by atoms with E-state index in [0.717, 1.165) is 43.5 Å². The second-order valence-corrected chi connectivity index (χ2v) is 7.15. The molecule has 0 bridgehead atoms. The largest absolute Gasteiger partial charge is 0.496 e. The van der Waals surface area contributed by atoms with Gasteiger partial charge in [0.2, 0.25) is 0 Å². The van der Waals surface area contributed by atoms with Gasteiger partial charge in [-0.1, -0.05) is 18.2 Å². The molecular formula is C20H26N6O. The van der Waals surface area contributed by atoms with Gasteiger partial charge in [0.1, 0.15) is 11.6 Å². The summed E-state index contributed by atoms with van der Waals surface area (Å²) in [5.41, 5.74) is 1.24. The van der Waals surface area contributed by atoms with Gasteiger partial charge in [-0.05, 0) is 25.5 Å². The van der Waals surface area contributed by atoms with Crippen molar-refractivity contribution in [3.63, 3.8) is 0 Å². The van der Waals surface area contributed by atoms with E-state index in [1.54, 1.807) is 13.3 Å². The summed E-state index contributed by atoms with van der Waals surface area (Å²) >= 11 is 0. The van der Waals surface area contributed by atoms with Crippen molar-refractivity contribution in [2.75, 3.05) is 20.2 Å². The molecular weight excluding hydrogens is 340 g/mol. The first-order valence-corrected chi connectivity index (χ1v) is 9.42. The molecule has 1 atom stereocenters. The van der Waals surface area contributed by atoms with Crippen molar-refractivity contribution in [2.24, 2.45) is 7.05 Å². The van der Waals surface area contributed by atoms with E-state index in [-0.39, 0.29) is 0 Å². The van der Waals surface area contributed by atoms with Gasteiger partial charge in [-0.25, -0.2) is 4.98 Å². The van der Waals surface area contributed by atoms with Gasteiger partial charge in [-0.2, -0.15) is 0 Å². The van der Waals surface area contributed by atoms with Crippen LogP contribution in [-0.2, 0) is 20.1 Å². The van der Waals surface area contributed by atoms with E-state index in [9.17, 15) is 0 Å². The molecule has 0 N–H and O–H groups in total. The van der Waals surface area contributed by atoms with Gasteiger partial charge >= 0.3 is 0 Å². The maximum absolute atomic E-state index is 5.51. The van der Waals surface area contributed by atoms with Crippen LogP contribution in [0.3, 0.4) is 0 Å². The van der Waals surface area contributed by atoms with Crippen molar-refractivity contribution in [3.05, 3.63) is 60.2 Å². The Bertz CT molecular complexity index is 872. The summed E-state index contributed by atoms with van der Waals surface area (Å²) in [6.45, 7) is 3.70. The van der Waals surface area contributed by atoms with E-state index in [4.69, 9.17) is 4.74 Å². The Kier molecular flexibility index (Phi) is 5.20. The molecule has 7 heteroatoms. The van der Waals surface area contributed by atoms with E-state index in [1.165, 1.54) is 12.0 Å². The average Bonchev–Trinajstić information content (AvgIpc) is 3.33. The van der Waals surface area contributed by atoms with Crippen LogP contribution in [0.5, 0.6) is 5.75 Å². The highest BCUT2D eigenvalue weighted by Crippen LogP contribution is 2.28. The highest BCUT2D eigenvalue weighted by atomic mass is 16.5. The van der Waals surface area contributed by atoms with Crippen LogP contribution in [0.2, 0.25) is 0 Å². The quantitative estimate of drug-likeness (QED) is 0.671. The molecule has 27 heavy (non-hydrogen) atoms. The molecule has 4 rings (SSSR count). The molecule has 1 saturated heterocycles. The first-order chi connectivity index (χ1) is 13.2. The Morgan fingerprint density at radius 1 is 1.19 bits per heavy atom. The predicted molar refractivity (Wildman–Crippen MR) is 103 cm³/mol. The van der Waals surface area contributed by atoms with Crippen molar-refractivity contribution < 1.29 is 4.74 Å². The highest BCUT2D eigenvalue weighted by Gasteiger charge is 2.26. The number of imidazole rings is 1. The van der Waals surface area contributed by atoms with Crippen LogP contribution in [0.4, 0.5) is 0 Å². The fraction of sp³-hybridized carbons (Fsp3) is 0.450. The Hall–Kier alpha value is -2.67. The summed E-state index contributed by atoms with van der Waals surface area (Å²) in [4.78, 5) is 6.59. The van der Waals surface area contributed by atoms with Gasteiger partial charge in [0, 0.05) is 44.0 Å². The maximum Gasteiger partial charge on any atom is 0.152 e. The molecule has 1 fully saturated rings. The lowest BCUT2D eigenvalue weighted by Crippen LogP contribution is -2.35. The zero-order valence-corrected chi connectivity index (χ0v) is 16.0. The van der Waals surface area contributed by atoms with E-state index in [2.05, 4.69) is 43.8 Å². The molecule has 7 nitrogen and oxygen atoms in total. The number of likely N-dealkylation sites (tertiary alicyclic amines) is 1. The van der Waals surface area contributed by atoms with Gasteiger partial charge in [0.15, 0.2) is 5.82 Å². The van der Waals surface area contributed by atoms with Gasteiger partial charge in [0.25, 0.3) is 0 Å². The Morgan fingerprint density at radius 3 is 2.89 bits per heavy atom. The normalized spacial score (nSPS) is 17.9. The number of nitrogens with zero attached hydrogens (tertiary/aromatic N) is 6. The van der Waals surface area contributed by atoms with Crippen LogP contribution in [0.1, 0.15) is 36.0 Å². The van der Waals surface area contributed by atoms with Crippen LogP contribution < -0.4 is 4.74 Å². The molecule has 0 aliphatic carbocycles. The van der Waals surface area contributed by atoms with Crippen molar-refractivity contribution in [1.82, 2.24) is 29.2 Å². The monoisotopic (exact) mass is 366 g/mol. The van der Waals surface area contributed by atoms with Crippen LogP contribution in [-0.4, -0.2) is 49.4 Å². The number of hydrogen-bond donors (Lipinski definition) is 0. The van der Waals surface area contributed by atoms with E-state index >= 15 is 0 Å². The molecule has 2 aromatic heterocycles. The lowest BCUT2D eigenvalue weighted by Gasteiger charge is -2.32. The summed E-state index contributed by atoms with van der Waals surface area (Å²) < 4.78 is 9.68. The van der Waals surface area contributed by atoms with E-state index in [0.29, 0.717) is 12.5 Å². The summed E-state index contributed by atoms with van der Waals surface area (Å²) in [7, 11) is 3.81. The molecule has 3 aromatic rings. The van der Waals surface area contributed by atoms with Crippen LogP contribution >= 0.6 is 0 Å². The zero-order valence-electron chi connectivity index (χ0n) is 16.0. The number of ether oxygens (including phenoxy) is 1. The van der Waals surface area contributed by atoms with Crippen molar-refractivity contribution >= 4 is 0 Å². The molecule has 1 unspecified atom stereocenters. The van der Waals surface area contributed by atoms with Gasteiger partial charge in [-0.3, -0.25) is 4.90 Å². The minimum absolute atomic E-state index is 0.405. The number of aromatic nitrogens is 5. The molecule has 0 spiro atoms. The third-order valence-corrected chi connectivity index (χ3v) is 5.34. The molecule has 0 amide bonds. The minimum atomic E-state index is 0.405. The summed E-state index contributed by atoms with van der Waals surface area (Å²) in [6.07, 6.45) is 7.87. The molecule has 1 aromatic carbocycles. The number of methoxy groups -OCH3 is 1. The van der Waals surface area contributed by atoms with Crippen molar-refractivity contribution in [1.29, 1.82) is 0 Å². The fourth-order valence-corrected chi connectivity index (χ4v) is 3.90. The van der Waals surface area contributed by atoms with Crippen LogP contribution in [0.15, 0.2) is 43.0 Å².